The van der Waals surface area contributed by atoms with Crippen molar-refractivity contribution < 1.29 is 17.9 Å². The van der Waals surface area contributed by atoms with Gasteiger partial charge in [0.15, 0.2) is 0 Å². The zero-order valence-corrected chi connectivity index (χ0v) is 19.2. The van der Waals surface area contributed by atoms with Gasteiger partial charge in [0.05, 0.1) is 23.9 Å². The average molecular weight is 478 g/mol. The van der Waals surface area contributed by atoms with Crippen LogP contribution in [0.25, 0.3) is 28.1 Å². The van der Waals surface area contributed by atoms with E-state index in [4.69, 9.17) is 4.74 Å². The summed E-state index contributed by atoms with van der Waals surface area (Å²) in [7, 11) is 1.54. The molecule has 0 radical (unpaired) electrons. The summed E-state index contributed by atoms with van der Waals surface area (Å²) in [6.07, 6.45) is 1.58. The highest BCUT2D eigenvalue weighted by molar-refractivity contribution is 5.93. The molecule has 0 bridgehead atoms. The maximum absolute atomic E-state index is 14.6. The Hall–Kier alpha value is -4.34. The van der Waals surface area contributed by atoms with Crippen molar-refractivity contribution in [1.29, 1.82) is 0 Å². The largest absolute Gasteiger partial charge is 0.494 e. The van der Waals surface area contributed by atoms with Crippen LogP contribution in [0.4, 0.5) is 24.5 Å². The summed E-state index contributed by atoms with van der Waals surface area (Å²) in [5, 5.41) is 7.48. The Kier molecular flexibility index (Phi) is 5.64. The van der Waals surface area contributed by atoms with Crippen LogP contribution in [0.2, 0.25) is 0 Å². The molecule has 0 spiro atoms. The molecule has 0 aliphatic carbocycles. The highest BCUT2D eigenvalue weighted by atomic mass is 19.1. The van der Waals surface area contributed by atoms with Gasteiger partial charge in [-0.3, -0.25) is 0 Å². The van der Waals surface area contributed by atoms with Gasteiger partial charge in [-0.1, -0.05) is 0 Å². The summed E-state index contributed by atoms with van der Waals surface area (Å²) in [4.78, 5) is 8.71. The van der Waals surface area contributed by atoms with Gasteiger partial charge < -0.3 is 14.6 Å². The third-order valence-electron chi connectivity index (χ3n) is 5.62. The number of methoxy groups -OCH3 is 1. The van der Waals surface area contributed by atoms with Crippen LogP contribution in [0.15, 0.2) is 54.9 Å². The van der Waals surface area contributed by atoms with Gasteiger partial charge in [-0.15, -0.1) is 0 Å². The molecule has 178 valence electrons. The molecular weight excluding hydrogens is 457 g/mol. The van der Waals surface area contributed by atoms with E-state index in [9.17, 15) is 13.2 Å². The van der Waals surface area contributed by atoms with Gasteiger partial charge in [0.1, 0.15) is 52.4 Å². The molecule has 10 heteroatoms. The molecule has 0 saturated carbocycles. The van der Waals surface area contributed by atoms with Crippen molar-refractivity contribution in [2.24, 2.45) is 0 Å². The predicted octanol–water partition coefficient (Wildman–Crippen LogP) is 5.78. The number of hydrogen-bond acceptors (Lipinski definition) is 5. The molecule has 35 heavy (non-hydrogen) atoms. The Morgan fingerprint density at radius 3 is 2.54 bits per heavy atom. The minimum atomic E-state index is -0.616. The fourth-order valence-electron chi connectivity index (χ4n) is 4.04. The lowest BCUT2D eigenvalue weighted by molar-refractivity contribution is 0.412. The molecule has 5 aromatic rings. The van der Waals surface area contributed by atoms with Crippen LogP contribution < -0.4 is 10.1 Å². The van der Waals surface area contributed by atoms with Crippen LogP contribution in [-0.4, -0.2) is 31.4 Å². The number of rotatable bonds is 6. The molecule has 0 atom stereocenters. The average Bonchev–Trinajstić information content (AvgIpc) is 3.43. The second kappa shape index (κ2) is 8.79. The third kappa shape index (κ3) is 4.07. The normalized spacial score (nSPS) is 11.3. The van der Waals surface area contributed by atoms with E-state index in [0.717, 1.165) is 18.2 Å². The van der Waals surface area contributed by atoms with Crippen LogP contribution >= 0.6 is 0 Å². The maximum atomic E-state index is 14.6. The van der Waals surface area contributed by atoms with Gasteiger partial charge in [0.25, 0.3) is 0 Å². The van der Waals surface area contributed by atoms with Gasteiger partial charge in [0.2, 0.25) is 0 Å². The summed E-state index contributed by atoms with van der Waals surface area (Å²) in [6, 6.07) is 11.1. The number of imidazole rings is 1. The number of benzene rings is 3. The van der Waals surface area contributed by atoms with Crippen LogP contribution in [0, 0.1) is 24.4 Å². The molecule has 0 aliphatic heterocycles. The third-order valence-corrected chi connectivity index (χ3v) is 5.62. The number of aryl methyl sites for hydroxylation is 2. The van der Waals surface area contributed by atoms with E-state index in [1.807, 2.05) is 6.92 Å². The number of fused-ring (bicyclic) bond motifs is 1. The first-order valence-corrected chi connectivity index (χ1v) is 10.9. The number of nitrogens with one attached hydrogen (secondary N) is 1. The van der Waals surface area contributed by atoms with E-state index in [1.165, 1.54) is 19.2 Å². The second-order valence-corrected chi connectivity index (χ2v) is 7.87. The van der Waals surface area contributed by atoms with Crippen LogP contribution in [0.3, 0.4) is 0 Å². The number of nitrogens with zero attached hydrogens (tertiary/aromatic N) is 5. The Balaban J connectivity index is 1.61. The van der Waals surface area contributed by atoms with E-state index in [1.54, 1.807) is 40.7 Å². The smallest absolute Gasteiger partial charge is 0.147 e. The van der Waals surface area contributed by atoms with Crippen molar-refractivity contribution >= 4 is 22.4 Å². The van der Waals surface area contributed by atoms with Crippen molar-refractivity contribution in [3.05, 3.63) is 78.1 Å². The van der Waals surface area contributed by atoms with Gasteiger partial charge in [0, 0.05) is 18.3 Å². The van der Waals surface area contributed by atoms with Gasteiger partial charge in [-0.2, -0.15) is 5.10 Å². The van der Waals surface area contributed by atoms with E-state index in [0.29, 0.717) is 46.2 Å². The van der Waals surface area contributed by atoms with Crippen molar-refractivity contribution in [3.63, 3.8) is 0 Å². The molecule has 5 rings (SSSR count). The molecule has 0 fully saturated rings. The number of halogens is 3. The summed E-state index contributed by atoms with van der Waals surface area (Å²) in [5.41, 5.74) is 2.54. The Morgan fingerprint density at radius 1 is 1.00 bits per heavy atom. The van der Waals surface area contributed by atoms with Crippen LogP contribution in [0.1, 0.15) is 12.7 Å². The first-order chi connectivity index (χ1) is 16.9. The van der Waals surface area contributed by atoms with Crippen molar-refractivity contribution in [1.82, 2.24) is 24.3 Å². The number of aromatic nitrogens is 5. The monoisotopic (exact) mass is 478 g/mol. The summed E-state index contributed by atoms with van der Waals surface area (Å²) >= 11 is 0. The topological polar surface area (TPSA) is 69.8 Å². The predicted molar refractivity (Wildman–Crippen MR) is 127 cm³/mol. The molecule has 0 amide bonds. The SMILES string of the molecule is CCn1c(-c2cc(F)ccc2F)nc2c(Nc3ccc(-n4cnc(C)n4)c(OC)c3)cc(F)cc21. The van der Waals surface area contributed by atoms with E-state index >= 15 is 0 Å². The molecule has 3 aromatic carbocycles. The molecule has 2 heterocycles. The summed E-state index contributed by atoms with van der Waals surface area (Å²) < 4.78 is 51.9. The highest BCUT2D eigenvalue weighted by Crippen LogP contribution is 2.34. The fraction of sp³-hybridized carbons (Fsp3) is 0.160. The minimum Gasteiger partial charge on any atom is -0.494 e. The Bertz CT molecular complexity index is 1560. The Labute approximate surface area is 198 Å². The highest BCUT2D eigenvalue weighted by Gasteiger charge is 2.19. The molecule has 2 aromatic heterocycles. The Morgan fingerprint density at radius 2 is 1.83 bits per heavy atom. The van der Waals surface area contributed by atoms with E-state index in [2.05, 4.69) is 20.4 Å². The molecule has 0 aliphatic rings. The van der Waals surface area contributed by atoms with E-state index < -0.39 is 17.5 Å². The zero-order valence-electron chi connectivity index (χ0n) is 19.2. The van der Waals surface area contributed by atoms with Crippen molar-refractivity contribution in [3.8, 4) is 22.8 Å². The summed E-state index contributed by atoms with van der Waals surface area (Å²) in [6.45, 7) is 3.99. The van der Waals surface area contributed by atoms with Gasteiger partial charge >= 0.3 is 0 Å². The lowest BCUT2D eigenvalue weighted by Crippen LogP contribution is -2.01. The fourth-order valence-corrected chi connectivity index (χ4v) is 4.04. The van der Waals surface area contributed by atoms with Gasteiger partial charge in [-0.05, 0) is 56.3 Å². The van der Waals surface area contributed by atoms with Crippen LogP contribution in [0.5, 0.6) is 5.75 Å². The van der Waals surface area contributed by atoms with Crippen molar-refractivity contribution in [2.75, 3.05) is 12.4 Å². The lowest BCUT2D eigenvalue weighted by Gasteiger charge is -2.13. The number of hydrogen-bond donors (Lipinski definition) is 1. The second-order valence-electron chi connectivity index (χ2n) is 7.87. The minimum absolute atomic E-state index is 0.00329. The maximum Gasteiger partial charge on any atom is 0.147 e. The standard InChI is InChI=1S/C25H21F3N6O/c1-4-33-22-11-16(27)10-20(24(22)31-25(33)18-9-15(26)5-7-19(18)28)30-17-6-8-21(23(12-17)35-3)34-13-29-14(2)32-34/h5-13,30H,4H2,1-3H3. The lowest BCUT2D eigenvalue weighted by atomic mass is 10.2. The zero-order chi connectivity index (χ0) is 24.7. The summed E-state index contributed by atoms with van der Waals surface area (Å²) in [5.74, 6) is -0.349. The quantitative estimate of drug-likeness (QED) is 0.335. The van der Waals surface area contributed by atoms with Crippen molar-refractivity contribution in [2.45, 2.75) is 20.4 Å². The molecular formula is C25H21F3N6O. The van der Waals surface area contributed by atoms with Gasteiger partial charge in [-0.25, -0.2) is 27.8 Å². The molecule has 1 N–H and O–H groups in total. The molecule has 7 nitrogen and oxygen atoms in total. The number of anilines is 2. The van der Waals surface area contributed by atoms with Crippen LogP contribution in [-0.2, 0) is 6.54 Å². The van der Waals surface area contributed by atoms with E-state index in [-0.39, 0.29) is 11.4 Å². The first kappa shape index (κ1) is 22.5. The molecule has 0 saturated heterocycles. The molecule has 0 unspecified atom stereocenters. The first-order valence-electron chi connectivity index (χ1n) is 10.9. The number of ether oxygens (including phenoxy) is 1.